The Morgan fingerprint density at radius 2 is 1.70 bits per heavy atom. The first-order valence-electron chi connectivity index (χ1n) is 9.76. The molecule has 2 amide bonds. The van der Waals surface area contributed by atoms with Crippen molar-refractivity contribution >= 4 is 46.2 Å². The molecular formula is C21H21ClN4O4. The molecule has 0 radical (unpaired) electrons. The number of hydrogen-bond acceptors (Lipinski definition) is 6. The van der Waals surface area contributed by atoms with Crippen LogP contribution in [0.2, 0.25) is 5.02 Å². The summed E-state index contributed by atoms with van der Waals surface area (Å²) in [6.45, 7) is 4.28. The van der Waals surface area contributed by atoms with Gasteiger partial charge in [0.15, 0.2) is 0 Å². The predicted molar refractivity (Wildman–Crippen MR) is 115 cm³/mol. The van der Waals surface area contributed by atoms with Crippen LogP contribution >= 0.6 is 11.6 Å². The maximum atomic E-state index is 12.3. The quantitative estimate of drug-likeness (QED) is 0.421. The third kappa shape index (κ3) is 3.70. The van der Waals surface area contributed by atoms with Gasteiger partial charge >= 0.3 is 0 Å². The standard InChI is InChI=1S/C21H21ClN4O4/c1-14-11-20(27)25(21(14)28)17-5-6-18(19(13-17)26(29)30)24-9-7-23(8-10-24)16-4-2-3-15(22)12-16/h2-6,12-14H,7-11H2,1H3/t14-/m0/s1. The number of nitro benzene ring substituents is 1. The molecule has 2 fully saturated rings. The van der Waals surface area contributed by atoms with E-state index in [9.17, 15) is 19.7 Å². The minimum atomic E-state index is -0.462. The lowest BCUT2D eigenvalue weighted by molar-refractivity contribution is -0.384. The lowest BCUT2D eigenvalue weighted by atomic mass is 10.1. The fourth-order valence-corrected chi connectivity index (χ4v) is 4.18. The molecule has 0 N–H and O–H groups in total. The van der Waals surface area contributed by atoms with Gasteiger partial charge < -0.3 is 9.80 Å². The number of carbonyl (C=O) groups excluding carboxylic acids is 2. The molecule has 30 heavy (non-hydrogen) atoms. The van der Waals surface area contributed by atoms with E-state index in [2.05, 4.69) is 4.90 Å². The Labute approximate surface area is 178 Å². The summed E-state index contributed by atoms with van der Waals surface area (Å²) in [5.74, 6) is -1.06. The molecule has 0 unspecified atom stereocenters. The third-order valence-corrected chi connectivity index (χ3v) is 5.81. The number of rotatable bonds is 4. The number of carbonyl (C=O) groups is 2. The molecule has 156 valence electrons. The zero-order chi connectivity index (χ0) is 21.4. The zero-order valence-corrected chi connectivity index (χ0v) is 17.2. The van der Waals surface area contributed by atoms with E-state index in [1.54, 1.807) is 19.1 Å². The number of piperazine rings is 1. The molecule has 2 aromatic rings. The second-order valence-electron chi connectivity index (χ2n) is 7.56. The molecule has 0 saturated carbocycles. The average molecular weight is 429 g/mol. The molecule has 2 heterocycles. The first-order valence-corrected chi connectivity index (χ1v) is 10.1. The van der Waals surface area contributed by atoms with Crippen LogP contribution in [0.25, 0.3) is 0 Å². The van der Waals surface area contributed by atoms with Crippen molar-refractivity contribution in [1.29, 1.82) is 0 Å². The predicted octanol–water partition coefficient (Wildman–Crippen LogP) is 3.47. The molecule has 0 aromatic heterocycles. The monoisotopic (exact) mass is 428 g/mol. The van der Waals surface area contributed by atoms with E-state index < -0.39 is 10.8 Å². The van der Waals surface area contributed by atoms with Gasteiger partial charge in [0, 0.05) is 55.3 Å². The lowest BCUT2D eigenvalue weighted by Crippen LogP contribution is -2.46. The van der Waals surface area contributed by atoms with E-state index in [0.717, 1.165) is 10.6 Å². The summed E-state index contributed by atoms with van der Waals surface area (Å²) in [6.07, 6.45) is 0.125. The highest BCUT2D eigenvalue weighted by molar-refractivity contribution is 6.30. The number of amides is 2. The second kappa shape index (κ2) is 7.95. The highest BCUT2D eigenvalue weighted by atomic mass is 35.5. The normalized spacial score (nSPS) is 19.5. The van der Waals surface area contributed by atoms with Crippen molar-refractivity contribution in [3.05, 3.63) is 57.6 Å². The third-order valence-electron chi connectivity index (χ3n) is 5.58. The molecule has 0 aliphatic carbocycles. The van der Waals surface area contributed by atoms with Crippen molar-refractivity contribution in [3.8, 4) is 0 Å². The van der Waals surface area contributed by atoms with Gasteiger partial charge in [0.25, 0.3) is 5.69 Å². The average Bonchev–Trinajstić information content (AvgIpc) is 2.99. The van der Waals surface area contributed by atoms with Crippen LogP contribution in [0.1, 0.15) is 13.3 Å². The molecule has 4 rings (SSSR count). The van der Waals surface area contributed by atoms with E-state index >= 15 is 0 Å². The topological polar surface area (TPSA) is 87.0 Å². The number of anilines is 3. The fourth-order valence-electron chi connectivity index (χ4n) is 4.00. The van der Waals surface area contributed by atoms with Gasteiger partial charge in [-0.1, -0.05) is 24.6 Å². The van der Waals surface area contributed by atoms with Crippen LogP contribution in [-0.4, -0.2) is 42.9 Å². The van der Waals surface area contributed by atoms with Crippen LogP contribution in [-0.2, 0) is 9.59 Å². The summed E-state index contributed by atoms with van der Waals surface area (Å²) in [5, 5.41) is 12.4. The molecule has 0 bridgehead atoms. The van der Waals surface area contributed by atoms with E-state index in [0.29, 0.717) is 36.9 Å². The number of nitro groups is 1. The Morgan fingerprint density at radius 1 is 1.00 bits per heavy atom. The largest absolute Gasteiger partial charge is 0.368 e. The minimum absolute atomic E-state index is 0.108. The van der Waals surface area contributed by atoms with E-state index in [-0.39, 0.29) is 29.6 Å². The minimum Gasteiger partial charge on any atom is -0.368 e. The van der Waals surface area contributed by atoms with Gasteiger partial charge in [-0.2, -0.15) is 0 Å². The Morgan fingerprint density at radius 3 is 2.30 bits per heavy atom. The Bertz CT molecular complexity index is 1020. The smallest absolute Gasteiger partial charge is 0.294 e. The van der Waals surface area contributed by atoms with Crippen molar-refractivity contribution in [1.82, 2.24) is 0 Å². The molecule has 2 saturated heterocycles. The first kappa shape index (κ1) is 20.2. The fraction of sp³-hybridized carbons (Fsp3) is 0.333. The van der Waals surface area contributed by atoms with Gasteiger partial charge in [-0.05, 0) is 30.3 Å². The van der Waals surface area contributed by atoms with Gasteiger partial charge in [-0.25, -0.2) is 0 Å². The van der Waals surface area contributed by atoms with Crippen molar-refractivity contribution in [2.75, 3.05) is 40.9 Å². The van der Waals surface area contributed by atoms with Crippen LogP contribution in [0.3, 0.4) is 0 Å². The first-order chi connectivity index (χ1) is 14.3. The summed E-state index contributed by atoms with van der Waals surface area (Å²) in [4.78, 5) is 40.9. The molecule has 8 nitrogen and oxygen atoms in total. The molecular weight excluding hydrogens is 408 g/mol. The van der Waals surface area contributed by atoms with Gasteiger partial charge in [-0.15, -0.1) is 0 Å². The van der Waals surface area contributed by atoms with Crippen molar-refractivity contribution in [2.24, 2.45) is 5.92 Å². The zero-order valence-electron chi connectivity index (χ0n) is 16.5. The van der Waals surface area contributed by atoms with Gasteiger partial charge in [0.2, 0.25) is 11.8 Å². The van der Waals surface area contributed by atoms with E-state index in [1.807, 2.05) is 29.2 Å². The maximum Gasteiger partial charge on any atom is 0.294 e. The highest BCUT2D eigenvalue weighted by Crippen LogP contribution is 2.36. The van der Waals surface area contributed by atoms with Gasteiger partial charge in [0.1, 0.15) is 5.69 Å². The van der Waals surface area contributed by atoms with Gasteiger partial charge in [-0.3, -0.25) is 24.6 Å². The van der Waals surface area contributed by atoms with Crippen LogP contribution in [0.5, 0.6) is 0 Å². The summed E-state index contributed by atoms with van der Waals surface area (Å²) < 4.78 is 0. The number of nitrogens with zero attached hydrogens (tertiary/aromatic N) is 4. The SMILES string of the molecule is C[C@H]1CC(=O)N(c2ccc(N3CCN(c4cccc(Cl)c4)CC3)c([N+](=O)[O-])c2)C1=O. The Hall–Kier alpha value is -3.13. The van der Waals surface area contributed by atoms with Crippen molar-refractivity contribution < 1.29 is 14.5 Å². The van der Waals surface area contributed by atoms with Crippen LogP contribution in [0.15, 0.2) is 42.5 Å². The maximum absolute atomic E-state index is 12.3. The highest BCUT2D eigenvalue weighted by Gasteiger charge is 2.37. The van der Waals surface area contributed by atoms with Gasteiger partial charge in [0.05, 0.1) is 10.6 Å². The van der Waals surface area contributed by atoms with E-state index in [1.165, 1.54) is 6.07 Å². The molecule has 1 atom stereocenters. The molecule has 2 aromatic carbocycles. The second-order valence-corrected chi connectivity index (χ2v) is 7.99. The number of halogens is 1. The lowest BCUT2D eigenvalue weighted by Gasteiger charge is -2.37. The summed E-state index contributed by atoms with van der Waals surface area (Å²) in [7, 11) is 0. The number of imide groups is 1. The van der Waals surface area contributed by atoms with Crippen molar-refractivity contribution in [3.63, 3.8) is 0 Å². The molecule has 9 heteroatoms. The van der Waals surface area contributed by atoms with Crippen LogP contribution in [0, 0.1) is 16.0 Å². The number of hydrogen-bond donors (Lipinski definition) is 0. The molecule has 2 aliphatic rings. The molecule has 2 aliphatic heterocycles. The summed E-state index contributed by atoms with van der Waals surface area (Å²) in [6, 6.07) is 12.2. The van der Waals surface area contributed by atoms with Crippen molar-refractivity contribution in [2.45, 2.75) is 13.3 Å². The Balaban J connectivity index is 1.55. The van der Waals surface area contributed by atoms with Crippen LogP contribution in [0.4, 0.5) is 22.7 Å². The number of benzene rings is 2. The summed E-state index contributed by atoms with van der Waals surface area (Å²) >= 11 is 6.08. The van der Waals surface area contributed by atoms with Crippen LogP contribution < -0.4 is 14.7 Å². The van der Waals surface area contributed by atoms with E-state index in [4.69, 9.17) is 11.6 Å². The summed E-state index contributed by atoms with van der Waals surface area (Å²) in [5.41, 5.74) is 1.65. The Kier molecular flexibility index (Phi) is 5.34. The molecule has 0 spiro atoms.